The van der Waals surface area contributed by atoms with Gasteiger partial charge in [0.05, 0.1) is 40.4 Å². The molecule has 0 unspecified atom stereocenters. The Bertz CT molecular complexity index is 1020. The fraction of sp³-hybridized carbons (Fsp3) is 0.263. The molecule has 29 heavy (non-hydrogen) atoms. The average Bonchev–Trinajstić information content (AvgIpc) is 2.67. The first kappa shape index (κ1) is 22.5. The van der Waals surface area contributed by atoms with Crippen molar-refractivity contribution in [3.63, 3.8) is 0 Å². The Morgan fingerprint density at radius 1 is 1.07 bits per heavy atom. The molecule has 2 rings (SSSR count). The summed E-state index contributed by atoms with van der Waals surface area (Å²) in [6.45, 7) is 3.98. The van der Waals surface area contributed by atoms with Gasteiger partial charge < -0.3 is 14.8 Å². The van der Waals surface area contributed by atoms with Crippen molar-refractivity contribution in [2.75, 3.05) is 25.0 Å². The van der Waals surface area contributed by atoms with E-state index in [4.69, 9.17) is 21.1 Å². The van der Waals surface area contributed by atoms with E-state index in [-0.39, 0.29) is 39.1 Å². The van der Waals surface area contributed by atoms with Crippen LogP contribution in [0.4, 0.5) is 5.69 Å². The number of benzene rings is 2. The number of esters is 1. The minimum Gasteiger partial charge on any atom is -0.496 e. The third-order valence-electron chi connectivity index (χ3n) is 3.78. The van der Waals surface area contributed by atoms with E-state index in [0.29, 0.717) is 6.54 Å². The van der Waals surface area contributed by atoms with Gasteiger partial charge in [-0.1, -0.05) is 11.6 Å². The molecule has 0 saturated heterocycles. The summed E-state index contributed by atoms with van der Waals surface area (Å²) in [7, 11) is -2.64. The number of rotatable bonds is 8. The van der Waals surface area contributed by atoms with E-state index < -0.39 is 21.9 Å². The number of nitrogens with one attached hydrogen (secondary N) is 2. The van der Waals surface area contributed by atoms with E-state index in [1.807, 2.05) is 0 Å². The number of hydrogen-bond acceptors (Lipinski definition) is 6. The van der Waals surface area contributed by atoms with Crippen molar-refractivity contribution in [1.29, 1.82) is 0 Å². The topological polar surface area (TPSA) is 111 Å². The third kappa shape index (κ3) is 5.39. The lowest BCUT2D eigenvalue weighted by atomic mass is 10.2. The largest absolute Gasteiger partial charge is 0.496 e. The van der Waals surface area contributed by atoms with Crippen LogP contribution in [0.5, 0.6) is 5.75 Å². The van der Waals surface area contributed by atoms with Crippen LogP contribution in [0, 0.1) is 0 Å². The van der Waals surface area contributed by atoms with E-state index >= 15 is 0 Å². The number of carbonyl (C=O) groups is 2. The minimum absolute atomic E-state index is 0.0430. The van der Waals surface area contributed by atoms with E-state index in [1.54, 1.807) is 13.8 Å². The van der Waals surface area contributed by atoms with E-state index in [2.05, 4.69) is 10.0 Å². The smallest absolute Gasteiger partial charge is 0.339 e. The molecule has 8 nitrogen and oxygen atoms in total. The summed E-state index contributed by atoms with van der Waals surface area (Å²) in [4.78, 5) is 23.9. The highest BCUT2D eigenvalue weighted by Gasteiger charge is 2.21. The summed E-state index contributed by atoms with van der Waals surface area (Å²) in [5, 5.41) is 2.65. The Kier molecular flexibility index (Phi) is 7.46. The predicted octanol–water partition coefficient (Wildman–Crippen LogP) is 3.08. The first-order valence-electron chi connectivity index (χ1n) is 8.69. The molecule has 0 spiro atoms. The van der Waals surface area contributed by atoms with Gasteiger partial charge >= 0.3 is 5.97 Å². The van der Waals surface area contributed by atoms with Gasteiger partial charge in [-0.15, -0.1) is 0 Å². The highest BCUT2D eigenvalue weighted by Crippen LogP contribution is 2.26. The van der Waals surface area contributed by atoms with Gasteiger partial charge in [0.2, 0.25) is 0 Å². The van der Waals surface area contributed by atoms with E-state index in [1.165, 1.54) is 43.5 Å². The Balaban J connectivity index is 2.34. The fourth-order valence-corrected chi connectivity index (χ4v) is 3.79. The van der Waals surface area contributed by atoms with E-state index in [0.717, 1.165) is 0 Å². The van der Waals surface area contributed by atoms with Gasteiger partial charge in [-0.2, -0.15) is 0 Å². The van der Waals surface area contributed by atoms with Crippen LogP contribution >= 0.6 is 11.6 Å². The number of hydrogen-bond donors (Lipinski definition) is 2. The van der Waals surface area contributed by atoms with Crippen molar-refractivity contribution in [3.05, 3.63) is 52.5 Å². The molecule has 0 bridgehead atoms. The van der Waals surface area contributed by atoms with Gasteiger partial charge in [-0.25, -0.2) is 13.2 Å². The highest BCUT2D eigenvalue weighted by molar-refractivity contribution is 7.92. The maximum atomic E-state index is 12.7. The lowest BCUT2D eigenvalue weighted by Gasteiger charge is -2.13. The summed E-state index contributed by atoms with van der Waals surface area (Å²) < 4.78 is 37.9. The summed E-state index contributed by atoms with van der Waals surface area (Å²) in [5.41, 5.74) is 0.366. The Hall–Kier alpha value is -2.78. The SMILES string of the molecule is CCNC(=O)c1cc(S(=O)(=O)Nc2ccc(C(=O)OCC)c(Cl)c2)ccc1OC. The van der Waals surface area contributed by atoms with Crippen molar-refractivity contribution in [1.82, 2.24) is 5.32 Å². The van der Waals surface area contributed by atoms with Crippen LogP contribution in [0.1, 0.15) is 34.6 Å². The zero-order valence-electron chi connectivity index (χ0n) is 16.1. The molecular formula is C19H21ClN2O6S. The number of carbonyl (C=O) groups excluding carboxylic acids is 2. The maximum absolute atomic E-state index is 12.7. The molecule has 0 aliphatic heterocycles. The molecule has 2 aromatic carbocycles. The first-order valence-corrected chi connectivity index (χ1v) is 10.5. The van der Waals surface area contributed by atoms with Crippen molar-refractivity contribution in [2.24, 2.45) is 0 Å². The normalized spacial score (nSPS) is 10.9. The quantitative estimate of drug-likeness (QED) is 0.610. The van der Waals surface area contributed by atoms with Gasteiger partial charge in [0.15, 0.2) is 0 Å². The molecule has 2 N–H and O–H groups in total. The van der Waals surface area contributed by atoms with Gasteiger partial charge in [-0.3, -0.25) is 9.52 Å². The zero-order valence-corrected chi connectivity index (χ0v) is 17.7. The minimum atomic E-state index is -4.03. The van der Waals surface area contributed by atoms with Gasteiger partial charge in [0.25, 0.3) is 15.9 Å². The van der Waals surface area contributed by atoms with Crippen LogP contribution in [-0.4, -0.2) is 40.6 Å². The molecule has 1 amide bonds. The van der Waals surface area contributed by atoms with Crippen molar-refractivity contribution >= 4 is 39.2 Å². The zero-order chi connectivity index (χ0) is 21.6. The van der Waals surface area contributed by atoms with Crippen molar-refractivity contribution in [3.8, 4) is 5.75 Å². The Labute approximate surface area is 174 Å². The molecule has 10 heteroatoms. The van der Waals surface area contributed by atoms with Crippen LogP contribution < -0.4 is 14.8 Å². The fourth-order valence-electron chi connectivity index (χ4n) is 2.45. The van der Waals surface area contributed by atoms with Gasteiger partial charge in [-0.05, 0) is 50.2 Å². The lowest BCUT2D eigenvalue weighted by molar-refractivity contribution is 0.0526. The first-order chi connectivity index (χ1) is 13.7. The maximum Gasteiger partial charge on any atom is 0.339 e. The summed E-state index contributed by atoms with van der Waals surface area (Å²) in [5.74, 6) is -0.811. The van der Waals surface area contributed by atoms with Crippen LogP contribution in [0.3, 0.4) is 0 Å². The van der Waals surface area contributed by atoms with Crippen LogP contribution in [0.2, 0.25) is 5.02 Å². The molecular weight excluding hydrogens is 420 g/mol. The standard InChI is InChI=1S/C19H21ClN2O6S/c1-4-21-18(23)15-11-13(7-9-17(15)27-3)29(25,26)22-12-6-8-14(16(20)10-12)19(24)28-5-2/h6-11,22H,4-5H2,1-3H3,(H,21,23). The van der Waals surface area contributed by atoms with Crippen LogP contribution in [-0.2, 0) is 14.8 Å². The number of sulfonamides is 1. The molecule has 0 radical (unpaired) electrons. The van der Waals surface area contributed by atoms with E-state index in [9.17, 15) is 18.0 Å². The van der Waals surface area contributed by atoms with Crippen molar-refractivity contribution < 1.29 is 27.5 Å². The number of halogens is 1. The molecule has 0 fully saturated rings. The molecule has 0 heterocycles. The number of ether oxygens (including phenoxy) is 2. The molecule has 0 aliphatic rings. The van der Waals surface area contributed by atoms with Crippen LogP contribution in [0.15, 0.2) is 41.3 Å². The monoisotopic (exact) mass is 440 g/mol. The third-order valence-corrected chi connectivity index (χ3v) is 5.47. The Morgan fingerprint density at radius 2 is 1.79 bits per heavy atom. The number of methoxy groups -OCH3 is 1. The molecule has 0 aromatic heterocycles. The lowest BCUT2D eigenvalue weighted by Crippen LogP contribution is -2.24. The number of amides is 1. The molecule has 156 valence electrons. The van der Waals surface area contributed by atoms with Crippen LogP contribution in [0.25, 0.3) is 0 Å². The molecule has 2 aromatic rings. The second kappa shape index (κ2) is 9.62. The summed E-state index contributed by atoms with van der Waals surface area (Å²) in [6, 6.07) is 8.00. The Morgan fingerprint density at radius 3 is 2.38 bits per heavy atom. The number of anilines is 1. The molecule has 0 aliphatic carbocycles. The predicted molar refractivity (Wildman–Crippen MR) is 109 cm³/mol. The highest BCUT2D eigenvalue weighted by atomic mass is 35.5. The summed E-state index contributed by atoms with van der Waals surface area (Å²) in [6.07, 6.45) is 0. The second-order valence-electron chi connectivity index (χ2n) is 5.74. The second-order valence-corrected chi connectivity index (χ2v) is 7.83. The molecule has 0 saturated carbocycles. The molecule has 0 atom stereocenters. The van der Waals surface area contributed by atoms with Gasteiger partial charge in [0, 0.05) is 6.54 Å². The average molecular weight is 441 g/mol. The van der Waals surface area contributed by atoms with Crippen molar-refractivity contribution in [2.45, 2.75) is 18.7 Å². The summed E-state index contributed by atoms with van der Waals surface area (Å²) >= 11 is 6.07. The van der Waals surface area contributed by atoms with Gasteiger partial charge in [0.1, 0.15) is 5.75 Å².